The highest BCUT2D eigenvalue weighted by Gasteiger charge is 2.30. The monoisotopic (exact) mass is 1500 g/mol. The summed E-state index contributed by atoms with van der Waals surface area (Å²) in [5, 5.41) is 10.6. The Balaban J connectivity index is 5.45. The van der Waals surface area contributed by atoms with Gasteiger partial charge in [-0.15, -0.1) is 0 Å². The molecule has 17 nitrogen and oxygen atoms in total. The molecule has 5 unspecified atom stereocenters. The van der Waals surface area contributed by atoms with Crippen molar-refractivity contribution in [3.05, 3.63) is 134 Å². The van der Waals surface area contributed by atoms with E-state index in [1.165, 1.54) is 77.0 Å². The van der Waals surface area contributed by atoms with Gasteiger partial charge in [-0.3, -0.25) is 37.3 Å². The van der Waals surface area contributed by atoms with Gasteiger partial charge < -0.3 is 33.8 Å². The van der Waals surface area contributed by atoms with Crippen LogP contribution in [0.5, 0.6) is 0 Å². The van der Waals surface area contributed by atoms with Gasteiger partial charge >= 0.3 is 39.5 Å². The minimum absolute atomic E-state index is 0.0320. The van der Waals surface area contributed by atoms with Crippen LogP contribution >= 0.6 is 15.6 Å². The molecule has 0 radical (unpaired) electrons. The minimum atomic E-state index is -5.00. The molecule has 0 aliphatic rings. The van der Waals surface area contributed by atoms with Gasteiger partial charge in [-0.1, -0.05) is 283 Å². The summed E-state index contributed by atoms with van der Waals surface area (Å²) in [6, 6.07) is 0. The van der Waals surface area contributed by atoms with Crippen LogP contribution in [0.4, 0.5) is 0 Å². The van der Waals surface area contributed by atoms with E-state index in [1.54, 1.807) is 0 Å². The minimum Gasteiger partial charge on any atom is -0.462 e. The van der Waals surface area contributed by atoms with Gasteiger partial charge in [0.05, 0.1) is 26.4 Å². The molecular formula is C85H144O17P2. The maximum atomic E-state index is 13.1. The lowest BCUT2D eigenvalue weighted by Gasteiger charge is -2.21. The molecule has 19 heteroatoms. The summed E-state index contributed by atoms with van der Waals surface area (Å²) in [5.74, 6) is -2.31. The highest BCUT2D eigenvalue weighted by Crippen LogP contribution is 2.45. The standard InChI is InChI=1S/C85H144O17P2/c1-5-9-13-17-21-25-29-33-37-38-39-40-44-46-50-54-58-62-66-70-83(88)96-76-81(102-85(90)72-68-64-60-56-52-48-43-36-32-28-24-20-16-12-8-4)78-100-104(93,94)98-74-79(86)73-97-103(91,92)99-77-80(101-84(89)71-67-63-59-55-51-47-42-35-31-27-23-19-15-11-7-3)75-95-82(87)69-65-61-57-53-49-45-41-34-30-26-22-18-14-10-6-2/h9-10,13-14,21-22,25-26,33-37,39-43,46,50,58,62,79-81,86H,5-8,11-12,15-20,23-24,27-32,38,44-45,47-49,51-57,59-61,63-78H2,1-4H3,(H,91,92)(H,93,94)/b13-9-,14-10-,25-21-,26-22-,37-33-,40-39-,41-34-,42-35-,43-36-,50-46-,62-58-. The topological polar surface area (TPSA) is 237 Å². The molecule has 0 bridgehead atoms. The molecule has 3 N–H and O–H groups in total. The number of rotatable bonds is 75. The van der Waals surface area contributed by atoms with Crippen LogP contribution in [0.25, 0.3) is 0 Å². The second kappa shape index (κ2) is 76.4. The average Bonchev–Trinajstić information content (AvgIpc) is 0.918. The first-order chi connectivity index (χ1) is 50.7. The number of allylic oxidation sites excluding steroid dienone is 22. The fourth-order valence-corrected chi connectivity index (χ4v) is 12.1. The van der Waals surface area contributed by atoms with Crippen LogP contribution in [-0.2, 0) is 65.4 Å². The second-order valence-electron chi connectivity index (χ2n) is 26.6. The van der Waals surface area contributed by atoms with Gasteiger partial charge in [-0.25, -0.2) is 9.13 Å². The zero-order valence-electron chi connectivity index (χ0n) is 65.2. The van der Waals surface area contributed by atoms with Crippen LogP contribution in [0, 0.1) is 0 Å². The van der Waals surface area contributed by atoms with E-state index in [9.17, 15) is 43.2 Å². The zero-order chi connectivity index (χ0) is 76.0. The molecule has 596 valence electrons. The Bertz CT molecular complexity index is 2490. The zero-order valence-corrected chi connectivity index (χ0v) is 66.9. The molecule has 104 heavy (non-hydrogen) atoms. The van der Waals surface area contributed by atoms with Crippen molar-refractivity contribution in [1.29, 1.82) is 0 Å². The lowest BCUT2D eigenvalue weighted by atomic mass is 10.1. The second-order valence-corrected chi connectivity index (χ2v) is 29.5. The molecule has 0 saturated carbocycles. The Morgan fingerprint density at radius 1 is 0.279 bits per heavy atom. The van der Waals surface area contributed by atoms with E-state index in [0.29, 0.717) is 32.1 Å². The van der Waals surface area contributed by atoms with E-state index in [0.717, 1.165) is 161 Å². The smallest absolute Gasteiger partial charge is 0.462 e. The van der Waals surface area contributed by atoms with Gasteiger partial charge in [0.15, 0.2) is 12.2 Å². The first-order valence-electron chi connectivity index (χ1n) is 40.4. The Labute approximate surface area is 631 Å². The van der Waals surface area contributed by atoms with E-state index in [-0.39, 0.29) is 25.7 Å². The summed E-state index contributed by atoms with van der Waals surface area (Å²) in [5.41, 5.74) is 0. The van der Waals surface area contributed by atoms with E-state index in [1.807, 2.05) is 18.2 Å². The summed E-state index contributed by atoms with van der Waals surface area (Å²) in [6.45, 7) is 4.54. The first-order valence-corrected chi connectivity index (χ1v) is 43.4. The van der Waals surface area contributed by atoms with Crippen LogP contribution in [0.1, 0.15) is 323 Å². The third kappa shape index (κ3) is 75.4. The number of ether oxygens (including phenoxy) is 4. The number of phosphoric ester groups is 2. The van der Waals surface area contributed by atoms with Crippen molar-refractivity contribution in [3.8, 4) is 0 Å². The van der Waals surface area contributed by atoms with Crippen molar-refractivity contribution in [1.82, 2.24) is 0 Å². The lowest BCUT2D eigenvalue weighted by Crippen LogP contribution is -2.30. The number of esters is 4. The number of carbonyl (C=O) groups is 4. The third-order valence-electron chi connectivity index (χ3n) is 16.6. The lowest BCUT2D eigenvalue weighted by molar-refractivity contribution is -0.161. The summed E-state index contributed by atoms with van der Waals surface area (Å²) in [7, 11) is -9.99. The molecule has 0 aromatic heterocycles. The predicted octanol–water partition coefficient (Wildman–Crippen LogP) is 23.7. The Hall–Kier alpha value is -4.80. The van der Waals surface area contributed by atoms with E-state index in [4.69, 9.17) is 37.0 Å². The normalized spacial score (nSPS) is 14.6. The highest BCUT2D eigenvalue weighted by molar-refractivity contribution is 7.47. The number of aliphatic hydroxyl groups is 1. The summed E-state index contributed by atoms with van der Waals surface area (Å²) < 4.78 is 68.5. The molecule has 0 aromatic rings. The van der Waals surface area contributed by atoms with E-state index < -0.39 is 97.5 Å². The molecule has 0 aliphatic carbocycles. The molecule has 0 saturated heterocycles. The average molecular weight is 1500 g/mol. The summed E-state index contributed by atoms with van der Waals surface area (Å²) in [6.07, 6.45) is 85.8. The van der Waals surface area contributed by atoms with Gasteiger partial charge in [-0.2, -0.15) is 0 Å². The van der Waals surface area contributed by atoms with Gasteiger partial charge in [0.25, 0.3) is 0 Å². The number of carbonyl (C=O) groups excluding carboxylic acids is 4. The number of hydrogen-bond donors (Lipinski definition) is 3. The van der Waals surface area contributed by atoms with Crippen LogP contribution in [0.2, 0.25) is 0 Å². The van der Waals surface area contributed by atoms with Crippen molar-refractivity contribution < 1.29 is 80.2 Å². The van der Waals surface area contributed by atoms with Crippen LogP contribution < -0.4 is 0 Å². The van der Waals surface area contributed by atoms with Gasteiger partial charge in [0.1, 0.15) is 19.3 Å². The van der Waals surface area contributed by atoms with E-state index in [2.05, 4.69) is 143 Å². The highest BCUT2D eigenvalue weighted by atomic mass is 31.2. The fourth-order valence-electron chi connectivity index (χ4n) is 10.5. The van der Waals surface area contributed by atoms with Crippen molar-refractivity contribution >= 4 is 39.5 Å². The molecule has 0 rings (SSSR count). The maximum Gasteiger partial charge on any atom is 0.472 e. The van der Waals surface area contributed by atoms with Crippen molar-refractivity contribution in [2.24, 2.45) is 0 Å². The number of aliphatic hydroxyl groups excluding tert-OH is 1. The van der Waals surface area contributed by atoms with Crippen molar-refractivity contribution in [2.75, 3.05) is 39.6 Å². The van der Waals surface area contributed by atoms with Crippen LogP contribution in [-0.4, -0.2) is 96.7 Å². The summed E-state index contributed by atoms with van der Waals surface area (Å²) in [4.78, 5) is 73.0. The maximum absolute atomic E-state index is 13.1. The SMILES string of the molecule is CC/C=C\C/C=C\C/C=C\C/C=C\C/C=C\C/C=C\CCC(=O)OCC(COP(=O)(O)OCC(O)COP(=O)(O)OCC(COC(=O)CCCCCCC/C=C\C/C=C\C/C=C\CC)OC(=O)CCCCCCC/C=C\CCCCCCCC)OC(=O)CCCCCCC/C=C\CCCCCCCC. The van der Waals surface area contributed by atoms with Crippen LogP contribution in [0.15, 0.2) is 134 Å². The Morgan fingerprint density at radius 2 is 0.519 bits per heavy atom. The first kappa shape index (κ1) is 99.2. The Kier molecular flexibility index (Phi) is 72.9. The predicted molar refractivity (Wildman–Crippen MR) is 427 cm³/mol. The van der Waals surface area contributed by atoms with Crippen molar-refractivity contribution in [3.63, 3.8) is 0 Å². The van der Waals surface area contributed by atoms with Gasteiger partial charge in [0.2, 0.25) is 0 Å². The number of phosphoric acid groups is 2. The molecule has 0 aliphatic heterocycles. The molecule has 0 fully saturated rings. The number of unbranched alkanes of at least 4 members (excludes halogenated alkanes) is 27. The quantitative estimate of drug-likeness (QED) is 0.0169. The largest absolute Gasteiger partial charge is 0.472 e. The molecule has 0 amide bonds. The van der Waals surface area contributed by atoms with Gasteiger partial charge in [-0.05, 0) is 148 Å². The van der Waals surface area contributed by atoms with Crippen LogP contribution in [0.3, 0.4) is 0 Å². The molecular weight excluding hydrogens is 1350 g/mol. The molecule has 0 spiro atoms. The molecule has 0 aromatic carbocycles. The molecule has 0 heterocycles. The third-order valence-corrected chi connectivity index (χ3v) is 18.5. The van der Waals surface area contributed by atoms with Crippen molar-refractivity contribution in [2.45, 2.75) is 341 Å². The number of hydrogen-bond acceptors (Lipinski definition) is 15. The Morgan fingerprint density at radius 3 is 0.837 bits per heavy atom. The molecule has 5 atom stereocenters. The fraction of sp³-hybridized carbons (Fsp3) is 0.694. The van der Waals surface area contributed by atoms with E-state index >= 15 is 0 Å². The van der Waals surface area contributed by atoms with Gasteiger partial charge in [0, 0.05) is 25.7 Å². The summed E-state index contributed by atoms with van der Waals surface area (Å²) >= 11 is 0.